The molecule has 0 fully saturated rings. The van der Waals surface area contributed by atoms with Gasteiger partial charge in [-0.15, -0.1) is 0 Å². The van der Waals surface area contributed by atoms with Crippen molar-refractivity contribution in [3.05, 3.63) is 83.6 Å². The fourth-order valence-corrected chi connectivity index (χ4v) is 3.01. The molecule has 4 rings (SSSR count). The summed E-state index contributed by atoms with van der Waals surface area (Å²) >= 11 is 0. The summed E-state index contributed by atoms with van der Waals surface area (Å²) in [6, 6.07) is 13.8. The van der Waals surface area contributed by atoms with Gasteiger partial charge >= 0.3 is 6.18 Å². The number of nitrogens with zero attached hydrogens (tertiary/aromatic N) is 2. The molecule has 2 N–H and O–H groups in total. The minimum atomic E-state index is -4.66. The van der Waals surface area contributed by atoms with Crippen LogP contribution in [0.2, 0.25) is 0 Å². The summed E-state index contributed by atoms with van der Waals surface area (Å²) in [5, 5.41) is 8.93. The Morgan fingerprint density at radius 1 is 1.09 bits per heavy atom. The van der Waals surface area contributed by atoms with Crippen molar-refractivity contribution in [2.75, 3.05) is 10.6 Å². The Balaban J connectivity index is 1.50. The fourth-order valence-electron chi connectivity index (χ4n) is 3.01. The minimum Gasteiger partial charge on any atom is -0.459 e. The van der Waals surface area contributed by atoms with Crippen LogP contribution in [0, 0.1) is 6.92 Å². The van der Waals surface area contributed by atoms with E-state index in [0.29, 0.717) is 5.82 Å². The Labute approximate surface area is 180 Å². The molecule has 0 saturated heterocycles. The molecule has 0 aliphatic rings. The second kappa shape index (κ2) is 8.58. The number of anilines is 2. The molecule has 0 unspecified atom stereocenters. The lowest BCUT2D eigenvalue weighted by Crippen LogP contribution is -2.14. The lowest BCUT2D eigenvalue weighted by Gasteiger charge is -2.15. The number of carbonyl (C=O) groups is 1. The first-order valence-electron chi connectivity index (χ1n) is 9.49. The van der Waals surface area contributed by atoms with E-state index in [2.05, 4.69) is 20.8 Å². The van der Waals surface area contributed by atoms with Gasteiger partial charge in [-0.2, -0.15) is 18.2 Å². The Kier molecular flexibility index (Phi) is 5.67. The highest BCUT2D eigenvalue weighted by atomic mass is 19.4. The van der Waals surface area contributed by atoms with E-state index < -0.39 is 17.6 Å². The van der Waals surface area contributed by atoms with E-state index in [0.717, 1.165) is 17.2 Å². The molecule has 7 nitrogen and oxygen atoms in total. The third-order valence-corrected chi connectivity index (χ3v) is 4.50. The first-order valence-corrected chi connectivity index (χ1v) is 9.49. The number of benzene rings is 2. The molecule has 0 bridgehead atoms. The van der Waals surface area contributed by atoms with Gasteiger partial charge in [0.25, 0.3) is 5.91 Å². The molecule has 2 aromatic heterocycles. The maximum atomic E-state index is 13.6. The topological polar surface area (TPSA) is 93.2 Å². The average Bonchev–Trinajstić information content (AvgIpc) is 3.44. The molecule has 10 heteroatoms. The number of alkyl halides is 3. The summed E-state index contributed by atoms with van der Waals surface area (Å²) in [5.74, 6) is -0.192. The number of hydrogen-bond donors (Lipinski definition) is 2. The predicted molar refractivity (Wildman–Crippen MR) is 110 cm³/mol. The molecule has 32 heavy (non-hydrogen) atoms. The van der Waals surface area contributed by atoms with Gasteiger partial charge in [-0.3, -0.25) is 4.79 Å². The molecule has 164 valence electrons. The SMILES string of the molecule is Cc1cccc(-c2noc(CNc3ccc(NC(=O)c4ccco4)cc3C(F)(F)F)n2)c1. The Morgan fingerprint density at radius 2 is 1.94 bits per heavy atom. The van der Waals surface area contributed by atoms with Gasteiger partial charge < -0.3 is 19.6 Å². The fraction of sp³-hybridized carbons (Fsp3) is 0.136. The van der Waals surface area contributed by atoms with Gasteiger partial charge in [0.15, 0.2) is 5.76 Å². The number of rotatable bonds is 6. The Morgan fingerprint density at radius 3 is 2.66 bits per heavy atom. The van der Waals surface area contributed by atoms with Crippen molar-refractivity contribution in [1.82, 2.24) is 10.1 Å². The van der Waals surface area contributed by atoms with E-state index in [1.807, 2.05) is 31.2 Å². The van der Waals surface area contributed by atoms with Gasteiger partial charge in [0.05, 0.1) is 18.4 Å². The van der Waals surface area contributed by atoms with Crippen LogP contribution in [0.15, 0.2) is 69.8 Å². The molecule has 4 aromatic rings. The summed E-state index contributed by atoms with van der Waals surface area (Å²) in [7, 11) is 0. The van der Waals surface area contributed by atoms with Gasteiger partial charge in [0, 0.05) is 16.9 Å². The molecule has 0 saturated carbocycles. The molecule has 2 heterocycles. The van der Waals surface area contributed by atoms with Crippen LogP contribution in [0.3, 0.4) is 0 Å². The van der Waals surface area contributed by atoms with Crippen LogP contribution in [-0.4, -0.2) is 16.0 Å². The quantitative estimate of drug-likeness (QED) is 0.408. The number of aromatic nitrogens is 2. The summed E-state index contributed by atoms with van der Waals surface area (Å²) in [6.07, 6.45) is -3.36. The molecule has 2 aromatic carbocycles. The molecule has 1 amide bonds. The zero-order valence-electron chi connectivity index (χ0n) is 16.7. The van der Waals surface area contributed by atoms with E-state index in [9.17, 15) is 18.0 Å². The van der Waals surface area contributed by atoms with Crippen molar-refractivity contribution >= 4 is 17.3 Å². The minimum absolute atomic E-state index is 0.0124. The Hall–Kier alpha value is -4.08. The monoisotopic (exact) mass is 442 g/mol. The highest BCUT2D eigenvalue weighted by Gasteiger charge is 2.34. The normalized spacial score (nSPS) is 11.4. The number of amides is 1. The maximum Gasteiger partial charge on any atom is 0.418 e. The average molecular weight is 442 g/mol. The van der Waals surface area contributed by atoms with Crippen molar-refractivity contribution in [1.29, 1.82) is 0 Å². The van der Waals surface area contributed by atoms with Crippen LogP contribution in [0.25, 0.3) is 11.4 Å². The van der Waals surface area contributed by atoms with Crippen LogP contribution in [0.1, 0.15) is 27.6 Å². The first kappa shape index (κ1) is 21.2. The zero-order valence-corrected chi connectivity index (χ0v) is 16.7. The number of nitrogens with one attached hydrogen (secondary N) is 2. The highest BCUT2D eigenvalue weighted by Crippen LogP contribution is 2.37. The van der Waals surface area contributed by atoms with Crippen LogP contribution in [0.4, 0.5) is 24.5 Å². The van der Waals surface area contributed by atoms with Gasteiger partial charge in [-0.05, 0) is 43.3 Å². The maximum absolute atomic E-state index is 13.6. The highest BCUT2D eigenvalue weighted by molar-refractivity contribution is 6.02. The zero-order chi connectivity index (χ0) is 22.7. The van der Waals surface area contributed by atoms with Gasteiger partial charge in [-0.25, -0.2) is 0 Å². The van der Waals surface area contributed by atoms with Gasteiger partial charge in [0.1, 0.15) is 0 Å². The first-order chi connectivity index (χ1) is 15.3. The van der Waals surface area contributed by atoms with Crippen molar-refractivity contribution < 1.29 is 26.9 Å². The number of halogens is 3. The number of hydrogen-bond acceptors (Lipinski definition) is 6. The van der Waals surface area contributed by atoms with Crippen molar-refractivity contribution in [2.45, 2.75) is 19.6 Å². The van der Waals surface area contributed by atoms with E-state index in [1.54, 1.807) is 0 Å². The summed E-state index contributed by atoms with van der Waals surface area (Å²) in [5.41, 5.74) is 0.592. The lowest BCUT2D eigenvalue weighted by atomic mass is 10.1. The number of carbonyl (C=O) groups excluding carboxylic acids is 1. The Bertz CT molecular complexity index is 1230. The summed E-state index contributed by atoms with van der Waals surface area (Å²) in [4.78, 5) is 16.3. The molecule has 0 aliphatic heterocycles. The third kappa shape index (κ3) is 4.80. The van der Waals surface area contributed by atoms with E-state index in [1.165, 1.54) is 30.5 Å². The van der Waals surface area contributed by atoms with E-state index >= 15 is 0 Å². The van der Waals surface area contributed by atoms with Crippen LogP contribution in [0.5, 0.6) is 0 Å². The lowest BCUT2D eigenvalue weighted by molar-refractivity contribution is -0.136. The van der Waals surface area contributed by atoms with Crippen molar-refractivity contribution in [3.63, 3.8) is 0 Å². The van der Waals surface area contributed by atoms with Crippen molar-refractivity contribution in [2.24, 2.45) is 0 Å². The smallest absolute Gasteiger partial charge is 0.418 e. The van der Waals surface area contributed by atoms with Crippen LogP contribution < -0.4 is 10.6 Å². The molecule has 0 atom stereocenters. The molecule has 0 radical (unpaired) electrons. The van der Waals surface area contributed by atoms with Gasteiger partial charge in [0.2, 0.25) is 11.7 Å². The third-order valence-electron chi connectivity index (χ3n) is 4.50. The van der Waals surface area contributed by atoms with Crippen LogP contribution in [-0.2, 0) is 12.7 Å². The second-order valence-electron chi connectivity index (χ2n) is 6.92. The number of aryl methyl sites for hydroxylation is 1. The molecule has 0 spiro atoms. The molecular weight excluding hydrogens is 425 g/mol. The van der Waals surface area contributed by atoms with E-state index in [4.69, 9.17) is 8.94 Å². The number of furan rings is 1. The van der Waals surface area contributed by atoms with Crippen molar-refractivity contribution in [3.8, 4) is 11.4 Å². The molecular formula is C22H17F3N4O3. The second-order valence-corrected chi connectivity index (χ2v) is 6.92. The summed E-state index contributed by atoms with van der Waals surface area (Å²) < 4.78 is 50.9. The van der Waals surface area contributed by atoms with Crippen LogP contribution >= 0.6 is 0 Å². The summed E-state index contributed by atoms with van der Waals surface area (Å²) in [6.45, 7) is 1.81. The molecule has 0 aliphatic carbocycles. The standard InChI is InChI=1S/C22H17F3N4O3/c1-13-4-2-5-14(10-13)20-28-19(32-29-20)12-26-17-8-7-15(11-16(17)22(23,24)25)27-21(30)18-6-3-9-31-18/h2-11,26H,12H2,1H3,(H,27,30). The van der Waals surface area contributed by atoms with E-state index in [-0.39, 0.29) is 29.6 Å². The largest absolute Gasteiger partial charge is 0.459 e. The predicted octanol–water partition coefficient (Wildman–Crippen LogP) is 5.52. The van der Waals surface area contributed by atoms with Gasteiger partial charge in [-0.1, -0.05) is 28.9 Å².